The van der Waals surface area contributed by atoms with Crippen LogP contribution in [-0.4, -0.2) is 25.3 Å². The normalized spacial score (nSPS) is 16.9. The van der Waals surface area contributed by atoms with Gasteiger partial charge >= 0.3 is 0 Å². The molecule has 1 aliphatic rings. The van der Waals surface area contributed by atoms with Crippen LogP contribution in [0.5, 0.6) is 0 Å². The fourth-order valence-corrected chi connectivity index (χ4v) is 3.91. The Morgan fingerprint density at radius 2 is 1.81 bits per heavy atom. The number of rotatable bonds is 2. The number of nitrogens with zero attached hydrogens (tertiary/aromatic N) is 3. The molecule has 2 aromatic carbocycles. The third-order valence-corrected chi connectivity index (χ3v) is 5.36. The van der Waals surface area contributed by atoms with Gasteiger partial charge in [0.05, 0.1) is 16.9 Å². The number of benzene rings is 2. The first-order valence-electron chi connectivity index (χ1n) is 8.97. The number of nitrogens with one attached hydrogen (secondary N) is 1. The van der Waals surface area contributed by atoms with Crippen LogP contribution in [0.25, 0.3) is 21.8 Å². The van der Waals surface area contributed by atoms with Crippen molar-refractivity contribution in [3.63, 3.8) is 0 Å². The molecule has 0 bridgehead atoms. The van der Waals surface area contributed by atoms with Crippen LogP contribution in [0, 0.1) is 0 Å². The van der Waals surface area contributed by atoms with Crippen molar-refractivity contribution in [3.05, 3.63) is 76.5 Å². The van der Waals surface area contributed by atoms with Crippen molar-refractivity contribution in [3.8, 4) is 0 Å². The molecule has 0 saturated carbocycles. The summed E-state index contributed by atoms with van der Waals surface area (Å²) in [5.74, 6) is 0.567. The molecule has 6 heteroatoms. The summed E-state index contributed by atoms with van der Waals surface area (Å²) in [5.41, 5.74) is 2.62. The monoisotopic (exact) mass is 358 g/mol. The molecule has 0 spiro atoms. The van der Waals surface area contributed by atoms with Crippen LogP contribution in [-0.2, 0) is 17.9 Å². The summed E-state index contributed by atoms with van der Waals surface area (Å²) >= 11 is 0. The van der Waals surface area contributed by atoms with Crippen LogP contribution in [0.1, 0.15) is 24.4 Å². The van der Waals surface area contributed by atoms with E-state index in [-0.39, 0.29) is 24.1 Å². The first-order valence-corrected chi connectivity index (χ1v) is 8.97. The Hall–Kier alpha value is -3.41. The minimum Gasteiger partial charge on any atom is -0.361 e. The quantitative estimate of drug-likeness (QED) is 0.599. The zero-order chi connectivity index (χ0) is 18.5. The highest BCUT2D eigenvalue weighted by Gasteiger charge is 2.32. The lowest BCUT2D eigenvalue weighted by molar-refractivity contribution is -0.137. The largest absolute Gasteiger partial charge is 0.361 e. The van der Waals surface area contributed by atoms with Gasteiger partial charge in [0.1, 0.15) is 12.4 Å². The molecular weight excluding hydrogens is 340 g/mol. The second-order valence-corrected chi connectivity index (χ2v) is 6.94. The fraction of sp³-hybridized carbons (Fsp3) is 0.190. The van der Waals surface area contributed by atoms with E-state index in [1.54, 1.807) is 11.0 Å². The van der Waals surface area contributed by atoms with E-state index in [0.29, 0.717) is 23.3 Å². The zero-order valence-corrected chi connectivity index (χ0v) is 14.8. The van der Waals surface area contributed by atoms with Gasteiger partial charge in [0, 0.05) is 23.6 Å². The summed E-state index contributed by atoms with van der Waals surface area (Å²) in [6, 6.07) is 15.0. The van der Waals surface area contributed by atoms with Gasteiger partial charge in [-0.1, -0.05) is 30.3 Å². The van der Waals surface area contributed by atoms with Gasteiger partial charge in [-0.15, -0.1) is 0 Å². The summed E-state index contributed by atoms with van der Waals surface area (Å²) in [7, 11) is 0. The molecular formula is C21H18N4O2. The maximum atomic E-state index is 12.8. The summed E-state index contributed by atoms with van der Waals surface area (Å²) in [6.45, 7) is 2.43. The van der Waals surface area contributed by atoms with Crippen molar-refractivity contribution in [1.29, 1.82) is 0 Å². The highest BCUT2D eigenvalue weighted by Crippen LogP contribution is 2.28. The molecule has 1 aliphatic heterocycles. The predicted octanol–water partition coefficient (Wildman–Crippen LogP) is 2.98. The van der Waals surface area contributed by atoms with Crippen molar-refractivity contribution < 1.29 is 4.79 Å². The number of H-pyrrole nitrogens is 1. The van der Waals surface area contributed by atoms with Crippen LogP contribution < -0.4 is 5.56 Å². The average molecular weight is 358 g/mol. The predicted molar refractivity (Wildman–Crippen MR) is 103 cm³/mol. The minimum absolute atomic E-state index is 0.0265. The fourth-order valence-electron chi connectivity index (χ4n) is 3.91. The van der Waals surface area contributed by atoms with Gasteiger partial charge in [0.25, 0.3) is 5.56 Å². The van der Waals surface area contributed by atoms with Crippen LogP contribution in [0.15, 0.2) is 59.5 Å². The number of hydrogen-bond acceptors (Lipinski definition) is 3. The molecule has 0 saturated heterocycles. The lowest BCUT2D eigenvalue weighted by Crippen LogP contribution is -2.45. The summed E-state index contributed by atoms with van der Waals surface area (Å²) < 4.78 is 1.51. The van der Waals surface area contributed by atoms with Gasteiger partial charge in [-0.05, 0) is 30.7 Å². The number of fused-ring (bicyclic) bond motifs is 3. The minimum atomic E-state index is -0.280. The molecule has 4 aromatic rings. The lowest BCUT2D eigenvalue weighted by Gasteiger charge is -2.35. The molecule has 5 rings (SSSR count). The Balaban J connectivity index is 1.59. The first kappa shape index (κ1) is 15.8. The summed E-state index contributed by atoms with van der Waals surface area (Å²) in [4.78, 5) is 35.4. The third kappa shape index (κ3) is 2.37. The Morgan fingerprint density at radius 3 is 2.67 bits per heavy atom. The molecule has 0 aliphatic carbocycles. The van der Waals surface area contributed by atoms with Gasteiger partial charge in [0.15, 0.2) is 0 Å². The van der Waals surface area contributed by atoms with E-state index in [0.717, 1.165) is 16.5 Å². The standard InChI is InChI=1S/C21H18N4O2/c1-13-20-23-18-9-5-3-7-16(18)21(27)25(20)12-19(26)24(13)11-14-10-22-17-8-4-2-6-15(14)17/h2-10,13,22H,11-12H2,1H3/t13-/m0/s1. The number of aromatic nitrogens is 3. The van der Waals surface area contributed by atoms with Gasteiger partial charge in [-0.25, -0.2) is 4.98 Å². The molecule has 0 radical (unpaired) electrons. The van der Waals surface area contributed by atoms with E-state index < -0.39 is 0 Å². The smallest absolute Gasteiger partial charge is 0.261 e. The summed E-state index contributed by atoms with van der Waals surface area (Å²) in [5, 5.41) is 1.65. The number of amides is 1. The number of carbonyl (C=O) groups excluding carboxylic acids is 1. The molecule has 27 heavy (non-hydrogen) atoms. The highest BCUT2D eigenvalue weighted by atomic mass is 16.2. The molecule has 1 amide bonds. The van der Waals surface area contributed by atoms with Crippen molar-refractivity contribution in [2.75, 3.05) is 0 Å². The molecule has 2 aromatic heterocycles. The summed E-state index contributed by atoms with van der Waals surface area (Å²) in [6.07, 6.45) is 1.94. The molecule has 6 nitrogen and oxygen atoms in total. The van der Waals surface area contributed by atoms with Crippen molar-refractivity contribution >= 4 is 27.7 Å². The SMILES string of the molecule is C[C@H]1c2nc3ccccc3c(=O)n2CC(=O)N1Cc1c[nH]c2ccccc12. The van der Waals surface area contributed by atoms with E-state index in [1.807, 2.05) is 55.6 Å². The highest BCUT2D eigenvalue weighted by molar-refractivity contribution is 5.84. The number of aromatic amines is 1. The van der Waals surface area contributed by atoms with E-state index in [1.165, 1.54) is 4.57 Å². The average Bonchev–Trinajstić information content (AvgIpc) is 3.09. The van der Waals surface area contributed by atoms with Crippen LogP contribution >= 0.6 is 0 Å². The van der Waals surface area contributed by atoms with Gasteiger partial charge in [-0.3, -0.25) is 14.2 Å². The third-order valence-electron chi connectivity index (χ3n) is 5.36. The van der Waals surface area contributed by atoms with Crippen LogP contribution in [0.2, 0.25) is 0 Å². The van der Waals surface area contributed by atoms with E-state index in [4.69, 9.17) is 4.98 Å². The van der Waals surface area contributed by atoms with E-state index in [9.17, 15) is 9.59 Å². The van der Waals surface area contributed by atoms with E-state index >= 15 is 0 Å². The topological polar surface area (TPSA) is 71.0 Å². The molecule has 134 valence electrons. The second-order valence-electron chi connectivity index (χ2n) is 6.94. The maximum absolute atomic E-state index is 12.8. The molecule has 0 fully saturated rings. The van der Waals surface area contributed by atoms with Gasteiger partial charge in [0.2, 0.25) is 5.91 Å². The number of hydrogen-bond donors (Lipinski definition) is 1. The first-order chi connectivity index (χ1) is 13.1. The Labute approximate surface area is 155 Å². The number of carbonyl (C=O) groups is 1. The maximum Gasteiger partial charge on any atom is 0.261 e. The Kier molecular flexibility index (Phi) is 3.40. The Morgan fingerprint density at radius 1 is 1.07 bits per heavy atom. The van der Waals surface area contributed by atoms with Crippen molar-refractivity contribution in [2.45, 2.75) is 26.1 Å². The van der Waals surface area contributed by atoms with Crippen LogP contribution in [0.4, 0.5) is 0 Å². The second kappa shape index (κ2) is 5.81. The zero-order valence-electron chi connectivity index (χ0n) is 14.8. The molecule has 1 N–H and O–H groups in total. The molecule has 0 unspecified atom stereocenters. The van der Waals surface area contributed by atoms with Crippen LogP contribution in [0.3, 0.4) is 0 Å². The van der Waals surface area contributed by atoms with Crippen molar-refractivity contribution in [1.82, 2.24) is 19.4 Å². The molecule has 3 heterocycles. The lowest BCUT2D eigenvalue weighted by atomic mass is 10.1. The Bertz CT molecular complexity index is 1250. The van der Waals surface area contributed by atoms with E-state index in [2.05, 4.69) is 4.98 Å². The van der Waals surface area contributed by atoms with Crippen molar-refractivity contribution in [2.24, 2.45) is 0 Å². The molecule has 1 atom stereocenters. The number of para-hydroxylation sites is 2. The van der Waals surface area contributed by atoms with Gasteiger partial charge < -0.3 is 9.88 Å². The van der Waals surface area contributed by atoms with Gasteiger partial charge in [-0.2, -0.15) is 0 Å².